The van der Waals surface area contributed by atoms with Gasteiger partial charge in [0.25, 0.3) is 5.91 Å². The minimum atomic E-state index is -4.81. The number of rotatable bonds is 1. The zero-order chi connectivity index (χ0) is 10.9. The predicted octanol–water partition coefficient (Wildman–Crippen LogP) is 0.905. The number of aromatic nitrogens is 1. The molecule has 3 N–H and O–H groups in total. The molecule has 0 fully saturated rings. The molecule has 0 aromatic carbocycles. The van der Waals surface area contributed by atoms with Gasteiger partial charge in [0.2, 0.25) is 0 Å². The van der Waals surface area contributed by atoms with Crippen LogP contribution in [0.15, 0.2) is 12.1 Å². The van der Waals surface area contributed by atoms with Gasteiger partial charge >= 0.3 is 6.18 Å². The number of alkyl halides is 3. The highest BCUT2D eigenvalue weighted by atomic mass is 19.4. The van der Waals surface area contributed by atoms with Crippen LogP contribution >= 0.6 is 0 Å². The third kappa shape index (κ3) is 1.93. The van der Waals surface area contributed by atoms with Crippen molar-refractivity contribution in [2.45, 2.75) is 6.18 Å². The van der Waals surface area contributed by atoms with Gasteiger partial charge in [0.05, 0.1) is 0 Å². The molecule has 7 heteroatoms. The molecule has 0 bridgehead atoms. The van der Waals surface area contributed by atoms with Crippen LogP contribution in [0.5, 0.6) is 5.75 Å². The molecule has 0 radical (unpaired) electrons. The predicted molar refractivity (Wildman–Crippen MR) is 39.4 cm³/mol. The van der Waals surface area contributed by atoms with Gasteiger partial charge in [0.1, 0.15) is 11.4 Å². The molecular formula is C7H5F3N2O2. The van der Waals surface area contributed by atoms with E-state index in [2.05, 4.69) is 4.98 Å². The number of amides is 1. The van der Waals surface area contributed by atoms with Crippen LogP contribution in [-0.2, 0) is 6.18 Å². The van der Waals surface area contributed by atoms with E-state index in [0.29, 0.717) is 0 Å². The SMILES string of the molecule is NC(=O)c1ccc(O)c(C(F)(F)F)n1. The molecule has 0 atom stereocenters. The van der Waals surface area contributed by atoms with Gasteiger partial charge in [-0.05, 0) is 12.1 Å². The van der Waals surface area contributed by atoms with Gasteiger partial charge in [-0.3, -0.25) is 4.79 Å². The van der Waals surface area contributed by atoms with Gasteiger partial charge in [0, 0.05) is 0 Å². The van der Waals surface area contributed by atoms with Crippen LogP contribution < -0.4 is 5.73 Å². The van der Waals surface area contributed by atoms with Crippen molar-refractivity contribution in [3.05, 3.63) is 23.5 Å². The Morgan fingerprint density at radius 1 is 1.43 bits per heavy atom. The van der Waals surface area contributed by atoms with Gasteiger partial charge in [-0.1, -0.05) is 0 Å². The fourth-order valence-corrected chi connectivity index (χ4v) is 0.798. The summed E-state index contributed by atoms with van der Waals surface area (Å²) in [5.74, 6) is -2.13. The zero-order valence-corrected chi connectivity index (χ0v) is 6.67. The lowest BCUT2D eigenvalue weighted by Crippen LogP contribution is -2.17. The van der Waals surface area contributed by atoms with Gasteiger partial charge in [-0.15, -0.1) is 0 Å². The standard InChI is InChI=1S/C7H5F3N2O2/c8-7(9,10)5-4(13)2-1-3(12-5)6(11)14/h1-2,13H,(H2,11,14). The molecule has 14 heavy (non-hydrogen) atoms. The number of carbonyl (C=O) groups is 1. The molecule has 1 heterocycles. The number of halogens is 3. The number of carbonyl (C=O) groups excluding carboxylic acids is 1. The lowest BCUT2D eigenvalue weighted by Gasteiger charge is -2.07. The molecule has 1 aromatic rings. The summed E-state index contributed by atoms with van der Waals surface area (Å²) in [5.41, 5.74) is 2.66. The van der Waals surface area contributed by atoms with Gasteiger partial charge in [0.15, 0.2) is 5.69 Å². The van der Waals surface area contributed by atoms with Crippen LogP contribution in [0, 0.1) is 0 Å². The Morgan fingerprint density at radius 2 is 2.00 bits per heavy atom. The molecule has 1 amide bonds. The summed E-state index contributed by atoms with van der Waals surface area (Å²) in [6.45, 7) is 0. The van der Waals surface area contributed by atoms with E-state index in [-0.39, 0.29) is 0 Å². The molecule has 76 valence electrons. The molecule has 0 spiro atoms. The molecule has 0 aliphatic carbocycles. The number of nitrogens with zero attached hydrogens (tertiary/aromatic N) is 1. The van der Waals surface area contributed by atoms with Crippen molar-refractivity contribution in [3.8, 4) is 5.75 Å². The number of primary amides is 1. The second kappa shape index (κ2) is 3.17. The fourth-order valence-electron chi connectivity index (χ4n) is 0.798. The Hall–Kier alpha value is -1.79. The molecule has 0 saturated carbocycles. The van der Waals surface area contributed by atoms with E-state index in [9.17, 15) is 18.0 Å². The molecule has 1 rings (SSSR count). The number of aromatic hydroxyl groups is 1. The smallest absolute Gasteiger partial charge is 0.437 e. The van der Waals surface area contributed by atoms with E-state index in [1.165, 1.54) is 0 Å². The summed E-state index contributed by atoms with van der Waals surface area (Å²) in [6, 6.07) is 1.63. The summed E-state index contributed by atoms with van der Waals surface area (Å²) in [6.07, 6.45) is -4.81. The summed E-state index contributed by atoms with van der Waals surface area (Å²) in [5, 5.41) is 8.82. The maximum atomic E-state index is 12.1. The molecule has 0 aliphatic rings. The molecular weight excluding hydrogens is 201 g/mol. The van der Waals surface area contributed by atoms with E-state index in [1.807, 2.05) is 0 Å². The van der Waals surface area contributed by atoms with Crippen molar-refractivity contribution < 1.29 is 23.1 Å². The topological polar surface area (TPSA) is 76.2 Å². The van der Waals surface area contributed by atoms with Gasteiger partial charge in [-0.25, -0.2) is 4.98 Å². The quantitative estimate of drug-likeness (QED) is 0.716. The highest BCUT2D eigenvalue weighted by Crippen LogP contribution is 2.33. The van der Waals surface area contributed by atoms with Crippen molar-refractivity contribution in [1.82, 2.24) is 4.98 Å². The summed E-state index contributed by atoms with van der Waals surface area (Å²) < 4.78 is 36.4. The Labute approximate surface area is 76.2 Å². The average Bonchev–Trinajstić information content (AvgIpc) is 2.02. The maximum Gasteiger partial charge on any atom is 0.437 e. The van der Waals surface area contributed by atoms with E-state index in [4.69, 9.17) is 10.8 Å². The number of nitrogens with two attached hydrogens (primary N) is 1. The van der Waals surface area contributed by atoms with E-state index in [1.54, 1.807) is 0 Å². The van der Waals surface area contributed by atoms with Gasteiger partial charge in [-0.2, -0.15) is 13.2 Å². The van der Waals surface area contributed by atoms with Crippen LogP contribution in [0.3, 0.4) is 0 Å². The third-order valence-electron chi connectivity index (χ3n) is 1.39. The van der Waals surface area contributed by atoms with E-state index >= 15 is 0 Å². The van der Waals surface area contributed by atoms with Crippen molar-refractivity contribution in [1.29, 1.82) is 0 Å². The molecule has 0 saturated heterocycles. The van der Waals surface area contributed by atoms with E-state index in [0.717, 1.165) is 12.1 Å². The average molecular weight is 206 g/mol. The second-order valence-corrected chi connectivity index (χ2v) is 2.43. The monoisotopic (exact) mass is 206 g/mol. The van der Waals surface area contributed by atoms with Gasteiger partial charge < -0.3 is 10.8 Å². The fraction of sp³-hybridized carbons (Fsp3) is 0.143. The first-order valence-electron chi connectivity index (χ1n) is 3.39. The Balaban J connectivity index is 3.29. The van der Waals surface area contributed by atoms with Crippen molar-refractivity contribution >= 4 is 5.91 Å². The van der Waals surface area contributed by atoms with Crippen molar-refractivity contribution in [3.63, 3.8) is 0 Å². The lowest BCUT2D eigenvalue weighted by molar-refractivity contribution is -0.142. The molecule has 0 aliphatic heterocycles. The molecule has 1 aromatic heterocycles. The van der Waals surface area contributed by atoms with Crippen LogP contribution in [0.1, 0.15) is 16.2 Å². The summed E-state index contributed by atoms with van der Waals surface area (Å²) in [4.78, 5) is 13.4. The molecule has 4 nitrogen and oxygen atoms in total. The second-order valence-electron chi connectivity index (χ2n) is 2.43. The Kier molecular flexibility index (Phi) is 2.33. The number of hydrogen-bond acceptors (Lipinski definition) is 3. The summed E-state index contributed by atoms with van der Waals surface area (Å²) >= 11 is 0. The van der Waals surface area contributed by atoms with Crippen LogP contribution in [0.25, 0.3) is 0 Å². The first-order valence-corrected chi connectivity index (χ1v) is 3.39. The normalized spacial score (nSPS) is 11.4. The first-order chi connectivity index (χ1) is 6.32. The Morgan fingerprint density at radius 3 is 2.43 bits per heavy atom. The minimum Gasteiger partial charge on any atom is -0.506 e. The highest BCUT2D eigenvalue weighted by Gasteiger charge is 2.36. The lowest BCUT2D eigenvalue weighted by atomic mass is 10.2. The first kappa shape index (κ1) is 10.3. The zero-order valence-electron chi connectivity index (χ0n) is 6.67. The van der Waals surface area contributed by atoms with Crippen molar-refractivity contribution in [2.24, 2.45) is 5.73 Å². The Bertz CT molecular complexity index is 376. The summed E-state index contributed by atoms with van der Waals surface area (Å²) in [7, 11) is 0. The van der Waals surface area contributed by atoms with E-state index < -0.39 is 29.2 Å². The van der Waals surface area contributed by atoms with Crippen LogP contribution in [0.4, 0.5) is 13.2 Å². The number of pyridine rings is 1. The maximum absolute atomic E-state index is 12.1. The van der Waals surface area contributed by atoms with Crippen molar-refractivity contribution in [2.75, 3.05) is 0 Å². The minimum absolute atomic E-state index is 0.546. The largest absolute Gasteiger partial charge is 0.506 e. The third-order valence-corrected chi connectivity index (χ3v) is 1.39. The molecule has 0 unspecified atom stereocenters. The van der Waals surface area contributed by atoms with Crippen LogP contribution in [0.2, 0.25) is 0 Å². The van der Waals surface area contributed by atoms with Crippen LogP contribution in [-0.4, -0.2) is 16.0 Å². The highest BCUT2D eigenvalue weighted by molar-refractivity contribution is 5.90. The number of hydrogen-bond donors (Lipinski definition) is 2.